The molecule has 0 nitrogen and oxygen atoms in total. The average molecular weight is 306 g/mol. The van der Waals surface area contributed by atoms with E-state index in [-0.39, 0.29) is 5.41 Å². The van der Waals surface area contributed by atoms with Crippen LogP contribution in [0.15, 0.2) is 42.5 Å². The van der Waals surface area contributed by atoms with E-state index < -0.39 is 0 Å². The predicted molar refractivity (Wildman–Crippen MR) is 103 cm³/mol. The Morgan fingerprint density at radius 1 is 0.913 bits per heavy atom. The smallest absolute Gasteiger partial charge is 0.0272 e. The van der Waals surface area contributed by atoms with Gasteiger partial charge >= 0.3 is 0 Å². The normalized spacial score (nSPS) is 10.5. The van der Waals surface area contributed by atoms with Crippen LogP contribution in [0.4, 0.5) is 0 Å². The lowest BCUT2D eigenvalue weighted by atomic mass is 9.70. The summed E-state index contributed by atoms with van der Waals surface area (Å²) in [6.07, 6.45) is 7.73. The van der Waals surface area contributed by atoms with Gasteiger partial charge in [-0.25, -0.2) is 0 Å². The first-order valence-corrected chi connectivity index (χ1v) is 8.72. The van der Waals surface area contributed by atoms with Crippen LogP contribution in [0, 0.1) is 26.2 Å². The van der Waals surface area contributed by atoms with Crippen LogP contribution in [0.25, 0.3) is 0 Å². The van der Waals surface area contributed by atoms with E-state index in [2.05, 4.69) is 76.1 Å². The summed E-state index contributed by atoms with van der Waals surface area (Å²) in [5.41, 5.74) is 6.34. The molecule has 0 N–H and O–H groups in total. The SMILES string of the molecule is C#Cc1ccc(C(CC)(CC)c2cccc(C)c2)cc1C.CC. The van der Waals surface area contributed by atoms with Crippen molar-refractivity contribution in [3.63, 3.8) is 0 Å². The van der Waals surface area contributed by atoms with Crippen molar-refractivity contribution in [1.82, 2.24) is 0 Å². The van der Waals surface area contributed by atoms with Crippen LogP contribution in [-0.2, 0) is 5.41 Å². The van der Waals surface area contributed by atoms with Crippen LogP contribution in [0.2, 0.25) is 0 Å². The van der Waals surface area contributed by atoms with E-state index >= 15 is 0 Å². The Balaban J connectivity index is 0.00000127. The Labute approximate surface area is 143 Å². The van der Waals surface area contributed by atoms with E-state index in [9.17, 15) is 0 Å². The number of hydrogen-bond donors (Lipinski definition) is 0. The molecule has 23 heavy (non-hydrogen) atoms. The molecule has 0 heteroatoms. The summed E-state index contributed by atoms with van der Waals surface area (Å²) < 4.78 is 0. The maximum absolute atomic E-state index is 5.56. The van der Waals surface area contributed by atoms with Gasteiger partial charge in [-0.2, -0.15) is 0 Å². The van der Waals surface area contributed by atoms with Crippen LogP contribution in [0.1, 0.15) is 68.4 Å². The lowest BCUT2D eigenvalue weighted by Gasteiger charge is -2.34. The molecule has 0 aliphatic carbocycles. The van der Waals surface area contributed by atoms with Crippen molar-refractivity contribution in [3.05, 3.63) is 70.3 Å². The van der Waals surface area contributed by atoms with E-state index in [1.807, 2.05) is 13.8 Å². The molecule has 0 bridgehead atoms. The third kappa shape index (κ3) is 3.85. The van der Waals surface area contributed by atoms with Crippen molar-refractivity contribution >= 4 is 0 Å². The van der Waals surface area contributed by atoms with Gasteiger partial charge in [0, 0.05) is 11.0 Å². The van der Waals surface area contributed by atoms with Gasteiger partial charge in [0.1, 0.15) is 0 Å². The largest absolute Gasteiger partial charge is 0.115 e. The standard InChI is InChI=1S/C21H24.C2H6/c1-6-18-12-13-20(15-17(18)5)21(7-2,8-3)19-11-9-10-16(4)14-19;1-2/h1,9-15H,7-8H2,2-5H3;1-2H3. The minimum atomic E-state index is 0.0733. The maximum Gasteiger partial charge on any atom is 0.0272 e. The maximum atomic E-state index is 5.56. The summed E-state index contributed by atoms with van der Waals surface area (Å²) in [5.74, 6) is 2.76. The minimum absolute atomic E-state index is 0.0733. The molecule has 0 amide bonds. The first kappa shape index (κ1) is 19.0. The van der Waals surface area contributed by atoms with Crippen molar-refractivity contribution in [2.45, 2.75) is 59.8 Å². The van der Waals surface area contributed by atoms with Gasteiger partial charge in [0.2, 0.25) is 0 Å². The van der Waals surface area contributed by atoms with E-state index in [0.29, 0.717) is 0 Å². The number of terminal acetylenes is 1. The van der Waals surface area contributed by atoms with E-state index in [1.54, 1.807) is 0 Å². The molecule has 2 aromatic carbocycles. The molecule has 122 valence electrons. The fourth-order valence-corrected chi connectivity index (χ4v) is 3.30. The quantitative estimate of drug-likeness (QED) is 0.572. The molecule has 0 saturated carbocycles. The first-order valence-electron chi connectivity index (χ1n) is 8.72. The zero-order valence-electron chi connectivity index (χ0n) is 15.5. The van der Waals surface area contributed by atoms with Crippen LogP contribution in [0.5, 0.6) is 0 Å². The molecular weight excluding hydrogens is 276 g/mol. The third-order valence-electron chi connectivity index (χ3n) is 4.71. The molecule has 0 unspecified atom stereocenters. The second-order valence-corrected chi connectivity index (χ2v) is 5.83. The highest BCUT2D eigenvalue weighted by Crippen LogP contribution is 2.39. The second-order valence-electron chi connectivity index (χ2n) is 5.83. The lowest BCUT2D eigenvalue weighted by molar-refractivity contribution is 0.478. The molecule has 0 aliphatic rings. The van der Waals surface area contributed by atoms with Crippen molar-refractivity contribution in [1.29, 1.82) is 0 Å². The summed E-state index contributed by atoms with van der Waals surface area (Å²) >= 11 is 0. The Hall–Kier alpha value is -2.00. The van der Waals surface area contributed by atoms with Gasteiger partial charge in [0.15, 0.2) is 0 Å². The molecule has 0 fully saturated rings. The minimum Gasteiger partial charge on any atom is -0.115 e. The number of benzene rings is 2. The zero-order chi connectivity index (χ0) is 17.5. The van der Waals surface area contributed by atoms with E-state index in [1.165, 1.54) is 22.3 Å². The van der Waals surface area contributed by atoms with Gasteiger partial charge in [0.05, 0.1) is 0 Å². The highest BCUT2D eigenvalue weighted by molar-refractivity contribution is 5.47. The number of rotatable bonds is 4. The fraction of sp³-hybridized carbons (Fsp3) is 0.391. The van der Waals surface area contributed by atoms with Gasteiger partial charge in [-0.1, -0.05) is 75.6 Å². The number of hydrogen-bond acceptors (Lipinski definition) is 0. The lowest BCUT2D eigenvalue weighted by Crippen LogP contribution is -2.26. The Kier molecular flexibility index (Phi) is 7.11. The molecule has 2 aromatic rings. The van der Waals surface area contributed by atoms with Crippen molar-refractivity contribution in [2.75, 3.05) is 0 Å². The highest BCUT2D eigenvalue weighted by Gasteiger charge is 2.30. The second kappa shape index (κ2) is 8.59. The monoisotopic (exact) mass is 306 g/mol. The Morgan fingerprint density at radius 3 is 2.00 bits per heavy atom. The van der Waals surface area contributed by atoms with Gasteiger partial charge in [0.25, 0.3) is 0 Å². The van der Waals surface area contributed by atoms with Crippen LogP contribution >= 0.6 is 0 Å². The molecule has 0 saturated heterocycles. The zero-order valence-corrected chi connectivity index (χ0v) is 15.5. The van der Waals surface area contributed by atoms with Gasteiger partial charge in [-0.05, 0) is 49.4 Å². The Morgan fingerprint density at radius 2 is 1.52 bits per heavy atom. The molecule has 0 spiro atoms. The van der Waals surface area contributed by atoms with Crippen molar-refractivity contribution in [2.24, 2.45) is 0 Å². The summed E-state index contributed by atoms with van der Waals surface area (Å²) in [7, 11) is 0. The first-order chi connectivity index (χ1) is 11.1. The average Bonchev–Trinajstić information content (AvgIpc) is 2.59. The van der Waals surface area contributed by atoms with E-state index in [4.69, 9.17) is 6.42 Å². The summed E-state index contributed by atoms with van der Waals surface area (Å²) in [5, 5.41) is 0. The van der Waals surface area contributed by atoms with E-state index in [0.717, 1.165) is 18.4 Å². The molecule has 0 aliphatic heterocycles. The van der Waals surface area contributed by atoms with Crippen LogP contribution in [0.3, 0.4) is 0 Å². The molecule has 0 radical (unpaired) electrons. The summed E-state index contributed by atoms with van der Waals surface area (Å²) in [6, 6.07) is 15.4. The van der Waals surface area contributed by atoms with Crippen molar-refractivity contribution < 1.29 is 0 Å². The number of aryl methyl sites for hydroxylation is 2. The molecular formula is C23H30. The Bertz CT molecular complexity index is 667. The van der Waals surface area contributed by atoms with Gasteiger partial charge in [-0.3, -0.25) is 0 Å². The molecule has 0 heterocycles. The highest BCUT2D eigenvalue weighted by atomic mass is 14.3. The van der Waals surface area contributed by atoms with Gasteiger partial charge < -0.3 is 0 Å². The predicted octanol–water partition coefficient (Wildman–Crippen LogP) is 6.42. The van der Waals surface area contributed by atoms with Crippen molar-refractivity contribution in [3.8, 4) is 12.3 Å². The molecule has 0 atom stereocenters. The third-order valence-corrected chi connectivity index (χ3v) is 4.71. The summed E-state index contributed by atoms with van der Waals surface area (Å²) in [6.45, 7) is 12.8. The summed E-state index contributed by atoms with van der Waals surface area (Å²) in [4.78, 5) is 0. The van der Waals surface area contributed by atoms with Gasteiger partial charge in [-0.15, -0.1) is 6.42 Å². The molecule has 2 rings (SSSR count). The topological polar surface area (TPSA) is 0 Å². The fourth-order valence-electron chi connectivity index (χ4n) is 3.30. The molecule has 0 aromatic heterocycles. The van der Waals surface area contributed by atoms with Crippen LogP contribution in [-0.4, -0.2) is 0 Å². The van der Waals surface area contributed by atoms with Crippen LogP contribution < -0.4 is 0 Å².